The van der Waals surface area contributed by atoms with Crippen LogP contribution in [0.5, 0.6) is 11.5 Å². The molecule has 3 aromatic carbocycles. The summed E-state index contributed by atoms with van der Waals surface area (Å²) in [7, 11) is 1.42. The van der Waals surface area contributed by atoms with Crippen molar-refractivity contribution in [1.29, 1.82) is 0 Å². The van der Waals surface area contributed by atoms with Gasteiger partial charge in [0.1, 0.15) is 12.2 Å². The highest BCUT2D eigenvalue weighted by Crippen LogP contribution is 2.51. The Labute approximate surface area is 273 Å². The second kappa shape index (κ2) is 13.3. The molecule has 2 aliphatic rings. The van der Waals surface area contributed by atoms with Crippen LogP contribution in [0.15, 0.2) is 78.4 Å². The number of H-pyrrole nitrogens is 1. The van der Waals surface area contributed by atoms with Gasteiger partial charge in [-0.05, 0) is 65.6 Å². The summed E-state index contributed by atoms with van der Waals surface area (Å²) in [6.45, 7) is -0.718. The molecule has 4 atom stereocenters. The van der Waals surface area contributed by atoms with Crippen LogP contribution in [0.3, 0.4) is 0 Å². The molecule has 13 heteroatoms. The Balaban J connectivity index is 1.42. The fraction of sp³-hybridized carbons (Fsp3) is 0.314. The first-order valence-corrected chi connectivity index (χ1v) is 15.4. The molecule has 252 valence electrons. The fourth-order valence-electron chi connectivity index (χ4n) is 6.48. The molecular formula is C35H34F3N3O7. The Kier molecular flexibility index (Phi) is 9.19. The Bertz CT molecular complexity index is 1820. The van der Waals surface area contributed by atoms with Crippen LogP contribution in [0, 0.1) is 0 Å². The van der Waals surface area contributed by atoms with Crippen molar-refractivity contribution in [3.63, 3.8) is 0 Å². The highest BCUT2D eigenvalue weighted by molar-refractivity contribution is 5.97. The van der Waals surface area contributed by atoms with Crippen LogP contribution in [-0.4, -0.2) is 82.1 Å². The number of nitrogens with zero attached hydrogens (tertiary/aromatic N) is 1. The Morgan fingerprint density at radius 3 is 2.48 bits per heavy atom. The number of methoxy groups -OCH3 is 1. The maximum atomic E-state index is 14.2. The van der Waals surface area contributed by atoms with Crippen LogP contribution in [0.2, 0.25) is 0 Å². The molecule has 10 nitrogen and oxygen atoms in total. The molecule has 0 saturated carbocycles. The Morgan fingerprint density at radius 2 is 1.81 bits per heavy atom. The number of rotatable bonds is 10. The number of ether oxygens (including phenoxy) is 2. The van der Waals surface area contributed by atoms with E-state index in [9.17, 15) is 38.1 Å². The van der Waals surface area contributed by atoms with Crippen molar-refractivity contribution in [1.82, 2.24) is 15.2 Å². The van der Waals surface area contributed by atoms with Crippen molar-refractivity contribution in [2.45, 2.75) is 43.4 Å². The highest BCUT2D eigenvalue weighted by atomic mass is 19.4. The molecule has 1 aromatic heterocycles. The summed E-state index contributed by atoms with van der Waals surface area (Å²) in [4.78, 5) is 32.4. The minimum Gasteiger partial charge on any atom is -0.493 e. The number of nitrogens with one attached hydrogen (secondary N) is 2. The molecule has 1 aliphatic heterocycles. The number of fused-ring (bicyclic) bond motifs is 4. The molecule has 5 N–H and O–H groups in total. The number of hydrogen-bond donors (Lipinski definition) is 5. The first kappa shape index (κ1) is 33.1. The number of para-hydroxylation sites is 1. The van der Waals surface area contributed by atoms with Crippen LogP contribution >= 0.6 is 0 Å². The van der Waals surface area contributed by atoms with Gasteiger partial charge in [-0.1, -0.05) is 18.2 Å². The number of amides is 2. The van der Waals surface area contributed by atoms with E-state index in [1.165, 1.54) is 18.1 Å². The predicted octanol–water partition coefficient (Wildman–Crippen LogP) is 3.70. The quantitative estimate of drug-likeness (QED) is 0.174. The number of aromatic nitrogens is 1. The van der Waals surface area contributed by atoms with Crippen molar-refractivity contribution in [3.05, 3.63) is 106 Å². The minimum atomic E-state index is -4.60. The third-order valence-electron chi connectivity index (χ3n) is 8.78. The van der Waals surface area contributed by atoms with Gasteiger partial charge >= 0.3 is 6.18 Å². The lowest BCUT2D eigenvalue weighted by molar-refractivity contribution is -0.137. The van der Waals surface area contributed by atoms with Crippen molar-refractivity contribution < 1.29 is 47.6 Å². The number of hydrogen-bond acceptors (Lipinski definition) is 7. The molecule has 0 spiro atoms. The van der Waals surface area contributed by atoms with Gasteiger partial charge in [0.25, 0.3) is 5.91 Å². The van der Waals surface area contributed by atoms with Gasteiger partial charge in [-0.25, -0.2) is 0 Å². The zero-order valence-corrected chi connectivity index (χ0v) is 25.8. The van der Waals surface area contributed by atoms with Gasteiger partial charge in [-0.2, -0.15) is 13.2 Å². The van der Waals surface area contributed by atoms with E-state index >= 15 is 0 Å². The molecule has 6 rings (SSSR count). The third-order valence-corrected chi connectivity index (χ3v) is 8.78. The topological polar surface area (TPSA) is 144 Å². The van der Waals surface area contributed by atoms with Gasteiger partial charge in [0.2, 0.25) is 5.91 Å². The summed E-state index contributed by atoms with van der Waals surface area (Å²) in [6, 6.07) is 15.4. The molecule has 2 heterocycles. The molecule has 0 bridgehead atoms. The maximum Gasteiger partial charge on any atom is 0.416 e. The standard InChI is InChI=1S/C35H34F3N3O7/c1-47-28-15-19(18-43)14-24-29-25(33(45)39-11-13-42)17-27(30(44)32(29)48-31(24)28)41(12-10-23-16-21-4-2-3-5-26(21)40-23)34(46)20-6-8-22(9-7-20)35(36,37)38/h2-9,14-17,27,29-30,32,40,42-44H,10-13,18H2,1H3,(H,39,45)/t27-,29+,30+,32+/m1/s1. The number of benzene rings is 3. The van der Waals surface area contributed by atoms with E-state index in [2.05, 4.69) is 10.3 Å². The van der Waals surface area contributed by atoms with Crippen molar-refractivity contribution >= 4 is 22.7 Å². The Hall–Kier alpha value is -4.85. The number of aliphatic hydroxyl groups is 3. The van der Waals surface area contributed by atoms with E-state index in [0.717, 1.165) is 40.9 Å². The lowest BCUT2D eigenvalue weighted by atomic mass is 9.77. The zero-order valence-electron chi connectivity index (χ0n) is 25.8. The van der Waals surface area contributed by atoms with E-state index in [1.807, 2.05) is 30.3 Å². The summed E-state index contributed by atoms with van der Waals surface area (Å²) in [5, 5.41) is 34.8. The number of carbonyl (C=O) groups excluding carboxylic acids is 2. The van der Waals surface area contributed by atoms with E-state index in [4.69, 9.17) is 9.47 Å². The van der Waals surface area contributed by atoms with Gasteiger partial charge in [0, 0.05) is 47.4 Å². The molecule has 0 saturated heterocycles. The van der Waals surface area contributed by atoms with Crippen molar-refractivity contribution in [2.75, 3.05) is 26.8 Å². The summed E-state index contributed by atoms with van der Waals surface area (Å²) >= 11 is 0. The highest BCUT2D eigenvalue weighted by Gasteiger charge is 2.51. The van der Waals surface area contributed by atoms with E-state index in [-0.39, 0.29) is 55.4 Å². The second-order valence-corrected chi connectivity index (χ2v) is 11.7. The normalized spacial score (nSPS) is 20.0. The average molecular weight is 666 g/mol. The summed E-state index contributed by atoms with van der Waals surface area (Å²) in [5.41, 5.74) is 1.82. The van der Waals surface area contributed by atoms with Crippen molar-refractivity contribution in [2.24, 2.45) is 0 Å². The molecule has 1 aliphatic carbocycles. The van der Waals surface area contributed by atoms with Gasteiger partial charge in [-0.15, -0.1) is 0 Å². The maximum absolute atomic E-state index is 14.2. The van der Waals surface area contributed by atoms with Gasteiger partial charge < -0.3 is 40.0 Å². The zero-order chi connectivity index (χ0) is 34.2. The van der Waals surface area contributed by atoms with Crippen LogP contribution in [0.1, 0.15) is 38.7 Å². The predicted molar refractivity (Wildman–Crippen MR) is 169 cm³/mol. The fourth-order valence-corrected chi connectivity index (χ4v) is 6.48. The number of aliphatic hydroxyl groups excluding tert-OH is 3. The second-order valence-electron chi connectivity index (χ2n) is 11.7. The lowest BCUT2D eigenvalue weighted by Gasteiger charge is -2.40. The monoisotopic (exact) mass is 665 g/mol. The molecule has 48 heavy (non-hydrogen) atoms. The van der Waals surface area contributed by atoms with Gasteiger partial charge in [0.05, 0.1) is 37.8 Å². The van der Waals surface area contributed by atoms with E-state index in [0.29, 0.717) is 11.1 Å². The number of aromatic amines is 1. The summed E-state index contributed by atoms with van der Waals surface area (Å²) in [5.74, 6) is -1.52. The minimum absolute atomic E-state index is 0.0127. The van der Waals surface area contributed by atoms with E-state index in [1.54, 1.807) is 12.1 Å². The van der Waals surface area contributed by atoms with Crippen LogP contribution in [0.4, 0.5) is 13.2 Å². The number of alkyl halides is 3. The van der Waals surface area contributed by atoms with Gasteiger partial charge in [0.15, 0.2) is 11.5 Å². The molecule has 0 radical (unpaired) electrons. The summed E-state index contributed by atoms with van der Waals surface area (Å²) in [6.07, 6.45) is -5.32. The first-order valence-electron chi connectivity index (χ1n) is 15.4. The average Bonchev–Trinajstić information content (AvgIpc) is 3.69. The number of carbonyl (C=O) groups is 2. The molecule has 2 amide bonds. The lowest BCUT2D eigenvalue weighted by Crippen LogP contribution is -2.56. The smallest absolute Gasteiger partial charge is 0.416 e. The first-order chi connectivity index (χ1) is 23.0. The van der Waals surface area contributed by atoms with E-state index < -0.39 is 47.7 Å². The number of halogens is 3. The van der Waals surface area contributed by atoms with Crippen LogP contribution in [0.25, 0.3) is 10.9 Å². The molecule has 0 unspecified atom stereocenters. The summed E-state index contributed by atoms with van der Waals surface area (Å²) < 4.78 is 51.8. The van der Waals surface area contributed by atoms with Gasteiger partial charge in [-0.3, -0.25) is 9.59 Å². The third kappa shape index (κ3) is 6.23. The Morgan fingerprint density at radius 1 is 1.06 bits per heavy atom. The van der Waals surface area contributed by atoms with Crippen LogP contribution < -0.4 is 14.8 Å². The van der Waals surface area contributed by atoms with Crippen molar-refractivity contribution in [3.8, 4) is 11.5 Å². The largest absolute Gasteiger partial charge is 0.493 e. The molecule has 4 aromatic rings. The molecular weight excluding hydrogens is 631 g/mol. The SMILES string of the molecule is COc1cc(CO)cc2c1O[C@@H]1[C@@H](O)[C@H](N(CCc3cc4ccccc4[nH]3)C(=O)c3ccc(C(F)(F)F)cc3)C=C(C(=O)NCCO)[C@H]21. The molecule has 0 fully saturated rings. The van der Waals surface area contributed by atoms with Crippen LogP contribution in [-0.2, 0) is 24.0 Å².